The summed E-state index contributed by atoms with van der Waals surface area (Å²) in [5, 5.41) is 13.0. The predicted molar refractivity (Wildman–Crippen MR) is 85.0 cm³/mol. The van der Waals surface area contributed by atoms with E-state index in [1.54, 1.807) is 0 Å². The number of hydrogen-bond donors (Lipinski definition) is 2. The largest absolute Gasteiger partial charge is 0.506 e. The van der Waals surface area contributed by atoms with Crippen LogP contribution in [0.5, 0.6) is 5.75 Å². The van der Waals surface area contributed by atoms with Gasteiger partial charge in [-0.15, -0.1) is 0 Å². The van der Waals surface area contributed by atoms with Crippen LogP contribution in [0.15, 0.2) is 49.8 Å². The van der Waals surface area contributed by atoms with Crippen molar-refractivity contribution in [1.82, 2.24) is 0 Å². The standard InChI is InChI=1S/C13H10Br3NO/c14-9-2-1-3-10(6-9)17-7-8-4-11(15)13(18)12(16)5-8/h1-6,17-18H,7H2. The minimum atomic E-state index is 0.223. The van der Waals surface area contributed by atoms with Crippen LogP contribution in [0.3, 0.4) is 0 Å². The van der Waals surface area contributed by atoms with Gasteiger partial charge in [0, 0.05) is 16.7 Å². The normalized spacial score (nSPS) is 10.4. The highest BCUT2D eigenvalue weighted by atomic mass is 79.9. The topological polar surface area (TPSA) is 32.3 Å². The predicted octanol–water partition coefficient (Wildman–Crippen LogP) is 5.29. The molecule has 0 amide bonds. The molecule has 2 rings (SSSR count). The van der Waals surface area contributed by atoms with Crippen LogP contribution in [0.2, 0.25) is 0 Å². The van der Waals surface area contributed by atoms with Crippen LogP contribution in [0, 0.1) is 0 Å². The van der Waals surface area contributed by atoms with Crippen LogP contribution in [-0.4, -0.2) is 5.11 Å². The Morgan fingerprint density at radius 1 is 1.00 bits per heavy atom. The van der Waals surface area contributed by atoms with Crippen molar-refractivity contribution >= 4 is 53.5 Å². The molecule has 0 aliphatic rings. The molecule has 5 heteroatoms. The number of nitrogens with one attached hydrogen (secondary N) is 1. The Balaban J connectivity index is 2.11. The van der Waals surface area contributed by atoms with Crippen LogP contribution in [0.25, 0.3) is 0 Å². The molecule has 0 aliphatic carbocycles. The number of halogens is 3. The Kier molecular flexibility index (Phi) is 4.70. The highest BCUT2D eigenvalue weighted by Gasteiger charge is 2.05. The molecule has 0 unspecified atom stereocenters. The van der Waals surface area contributed by atoms with Crippen molar-refractivity contribution < 1.29 is 5.11 Å². The van der Waals surface area contributed by atoms with Gasteiger partial charge in [0.25, 0.3) is 0 Å². The van der Waals surface area contributed by atoms with E-state index in [4.69, 9.17) is 0 Å². The molecule has 94 valence electrons. The summed E-state index contributed by atoms with van der Waals surface area (Å²) in [7, 11) is 0. The number of anilines is 1. The average Bonchev–Trinajstić information content (AvgIpc) is 2.33. The van der Waals surface area contributed by atoms with Gasteiger partial charge in [-0.1, -0.05) is 22.0 Å². The fraction of sp³-hybridized carbons (Fsp3) is 0.0769. The van der Waals surface area contributed by atoms with Gasteiger partial charge in [0.1, 0.15) is 5.75 Å². The Bertz CT molecular complexity index is 549. The number of phenolic OH excluding ortho intramolecular Hbond substituents is 1. The molecule has 2 nitrogen and oxygen atoms in total. The number of benzene rings is 2. The summed E-state index contributed by atoms with van der Waals surface area (Å²) in [4.78, 5) is 0. The van der Waals surface area contributed by atoms with Gasteiger partial charge in [0.2, 0.25) is 0 Å². The zero-order chi connectivity index (χ0) is 13.1. The van der Waals surface area contributed by atoms with E-state index < -0.39 is 0 Å². The van der Waals surface area contributed by atoms with Crippen molar-refractivity contribution in [1.29, 1.82) is 0 Å². The summed E-state index contributed by atoms with van der Waals surface area (Å²) in [6.07, 6.45) is 0. The second kappa shape index (κ2) is 6.08. The Morgan fingerprint density at radius 3 is 2.28 bits per heavy atom. The van der Waals surface area contributed by atoms with Gasteiger partial charge in [0.15, 0.2) is 0 Å². The van der Waals surface area contributed by atoms with E-state index in [2.05, 4.69) is 53.1 Å². The van der Waals surface area contributed by atoms with Gasteiger partial charge in [0.05, 0.1) is 8.95 Å². The molecule has 0 spiro atoms. The number of hydrogen-bond acceptors (Lipinski definition) is 2. The van der Waals surface area contributed by atoms with Crippen molar-refractivity contribution in [3.05, 3.63) is 55.4 Å². The van der Waals surface area contributed by atoms with Crippen molar-refractivity contribution in [3.63, 3.8) is 0 Å². The first-order valence-electron chi connectivity index (χ1n) is 5.22. The second-order valence-electron chi connectivity index (χ2n) is 3.77. The summed E-state index contributed by atoms with van der Waals surface area (Å²) in [5.74, 6) is 0.223. The van der Waals surface area contributed by atoms with Gasteiger partial charge in [-0.2, -0.15) is 0 Å². The molecule has 0 fully saturated rings. The first-order chi connectivity index (χ1) is 8.56. The fourth-order valence-electron chi connectivity index (χ4n) is 1.52. The quantitative estimate of drug-likeness (QED) is 0.686. The van der Waals surface area contributed by atoms with E-state index in [0.717, 1.165) is 15.7 Å². The van der Waals surface area contributed by atoms with Gasteiger partial charge < -0.3 is 10.4 Å². The molecule has 2 aromatic carbocycles. The Hall–Kier alpha value is -0.520. The first kappa shape index (κ1) is 13.9. The molecule has 18 heavy (non-hydrogen) atoms. The van der Waals surface area contributed by atoms with E-state index in [-0.39, 0.29) is 5.75 Å². The summed E-state index contributed by atoms with van der Waals surface area (Å²) in [6, 6.07) is 11.8. The third-order valence-electron chi connectivity index (χ3n) is 2.40. The van der Waals surface area contributed by atoms with E-state index in [1.165, 1.54) is 0 Å². The Labute approximate surface area is 131 Å². The molecule has 2 N–H and O–H groups in total. The molecule has 0 bridgehead atoms. The van der Waals surface area contributed by atoms with Gasteiger partial charge >= 0.3 is 0 Å². The molecule has 0 heterocycles. The molecule has 0 aliphatic heterocycles. The molecular formula is C13H10Br3NO. The second-order valence-corrected chi connectivity index (χ2v) is 6.40. The lowest BCUT2D eigenvalue weighted by molar-refractivity contribution is 0.468. The average molecular weight is 436 g/mol. The maximum Gasteiger partial charge on any atom is 0.143 e. The summed E-state index contributed by atoms with van der Waals surface area (Å²) >= 11 is 10.1. The van der Waals surface area contributed by atoms with Crippen molar-refractivity contribution in [2.24, 2.45) is 0 Å². The highest BCUT2D eigenvalue weighted by molar-refractivity contribution is 9.11. The number of aromatic hydroxyl groups is 1. The SMILES string of the molecule is Oc1c(Br)cc(CNc2cccc(Br)c2)cc1Br. The first-order valence-corrected chi connectivity index (χ1v) is 7.60. The molecule has 0 saturated carbocycles. The van der Waals surface area contributed by atoms with Crippen molar-refractivity contribution in [2.45, 2.75) is 6.54 Å². The minimum absolute atomic E-state index is 0.223. The van der Waals surface area contributed by atoms with Crippen LogP contribution in [-0.2, 0) is 6.54 Å². The molecule has 0 radical (unpaired) electrons. The van der Waals surface area contributed by atoms with Crippen LogP contribution in [0.4, 0.5) is 5.69 Å². The van der Waals surface area contributed by atoms with Crippen LogP contribution in [0.1, 0.15) is 5.56 Å². The fourth-order valence-corrected chi connectivity index (χ4v) is 3.20. The highest BCUT2D eigenvalue weighted by Crippen LogP contribution is 2.33. The lowest BCUT2D eigenvalue weighted by Crippen LogP contribution is -1.99. The Morgan fingerprint density at radius 2 is 1.67 bits per heavy atom. The van der Waals surface area contributed by atoms with E-state index in [0.29, 0.717) is 15.5 Å². The third-order valence-corrected chi connectivity index (χ3v) is 4.10. The zero-order valence-corrected chi connectivity index (χ0v) is 14.0. The molecule has 0 saturated heterocycles. The molecule has 0 aromatic heterocycles. The monoisotopic (exact) mass is 433 g/mol. The minimum Gasteiger partial charge on any atom is -0.506 e. The molecule has 0 atom stereocenters. The maximum absolute atomic E-state index is 9.63. The zero-order valence-electron chi connectivity index (χ0n) is 9.25. The molecule has 2 aromatic rings. The maximum atomic E-state index is 9.63. The van der Waals surface area contributed by atoms with Crippen LogP contribution < -0.4 is 5.32 Å². The lowest BCUT2D eigenvalue weighted by Gasteiger charge is -2.09. The summed E-state index contributed by atoms with van der Waals surface area (Å²) in [5.41, 5.74) is 2.12. The van der Waals surface area contributed by atoms with Crippen molar-refractivity contribution in [3.8, 4) is 5.75 Å². The molecular weight excluding hydrogens is 426 g/mol. The van der Waals surface area contributed by atoms with Gasteiger partial charge in [-0.3, -0.25) is 0 Å². The summed E-state index contributed by atoms with van der Waals surface area (Å²) in [6.45, 7) is 0.688. The number of rotatable bonds is 3. The van der Waals surface area contributed by atoms with E-state index in [9.17, 15) is 5.11 Å². The smallest absolute Gasteiger partial charge is 0.143 e. The van der Waals surface area contributed by atoms with Crippen molar-refractivity contribution in [2.75, 3.05) is 5.32 Å². The van der Waals surface area contributed by atoms with Gasteiger partial charge in [-0.25, -0.2) is 0 Å². The van der Waals surface area contributed by atoms with Gasteiger partial charge in [-0.05, 0) is 67.8 Å². The van der Waals surface area contributed by atoms with E-state index in [1.807, 2.05) is 36.4 Å². The summed E-state index contributed by atoms with van der Waals surface area (Å²) < 4.78 is 2.41. The lowest BCUT2D eigenvalue weighted by atomic mass is 10.2. The number of phenols is 1. The van der Waals surface area contributed by atoms with E-state index >= 15 is 0 Å². The third kappa shape index (κ3) is 3.49. The van der Waals surface area contributed by atoms with Crippen LogP contribution >= 0.6 is 47.8 Å².